The number of aromatic nitrogens is 1. The fourth-order valence-electron chi connectivity index (χ4n) is 2.02. The number of unbranched alkanes of at least 4 members (excludes halogenated alkanes) is 2. The molecule has 0 N–H and O–H groups in total. The smallest absolute Gasteiger partial charge is 0.266 e. The number of carbonyl (C=O) groups is 2. The summed E-state index contributed by atoms with van der Waals surface area (Å²) in [6.45, 7) is 0.516. The van der Waals surface area contributed by atoms with Gasteiger partial charge >= 0.3 is 0 Å². The number of pyridine rings is 1. The highest BCUT2D eigenvalue weighted by atomic mass is 32.2. The maximum absolute atomic E-state index is 12.3. The van der Waals surface area contributed by atoms with Gasteiger partial charge in [-0.25, -0.2) is 0 Å². The van der Waals surface area contributed by atoms with Crippen molar-refractivity contribution in [3.8, 4) is 0 Å². The molecule has 116 valence electrons. The van der Waals surface area contributed by atoms with Crippen LogP contribution in [-0.2, 0) is 9.59 Å². The van der Waals surface area contributed by atoms with E-state index in [0.717, 1.165) is 18.4 Å². The number of nitrogens with zero attached hydrogens (tertiary/aromatic N) is 2. The lowest BCUT2D eigenvalue weighted by Crippen LogP contribution is -2.29. The molecule has 0 unspecified atom stereocenters. The summed E-state index contributed by atoms with van der Waals surface area (Å²) in [6, 6.07) is 3.68. The van der Waals surface area contributed by atoms with E-state index < -0.39 is 5.97 Å². The van der Waals surface area contributed by atoms with Crippen LogP contribution in [0.15, 0.2) is 29.4 Å². The summed E-state index contributed by atoms with van der Waals surface area (Å²) < 4.78 is 0.542. The number of amides is 1. The van der Waals surface area contributed by atoms with Gasteiger partial charge in [0, 0.05) is 24.9 Å². The topological polar surface area (TPSA) is 73.3 Å². The highest BCUT2D eigenvalue weighted by Gasteiger charge is 2.31. The second-order valence-corrected chi connectivity index (χ2v) is 6.48. The molecule has 5 nitrogen and oxygen atoms in total. The van der Waals surface area contributed by atoms with Crippen molar-refractivity contribution in [2.45, 2.75) is 25.7 Å². The Balaban J connectivity index is 1.89. The zero-order valence-electron chi connectivity index (χ0n) is 11.9. The Labute approximate surface area is 138 Å². The number of carboxylic acid groups (broad SMARTS) is 1. The van der Waals surface area contributed by atoms with Crippen molar-refractivity contribution in [2.24, 2.45) is 0 Å². The maximum Gasteiger partial charge on any atom is 0.266 e. The molecule has 1 aromatic rings. The molecule has 2 heterocycles. The van der Waals surface area contributed by atoms with E-state index in [1.807, 2.05) is 12.1 Å². The van der Waals surface area contributed by atoms with E-state index in [2.05, 4.69) is 4.98 Å². The second kappa shape index (κ2) is 8.05. The number of thioether (sulfide) groups is 1. The maximum atomic E-state index is 12.3. The summed E-state index contributed by atoms with van der Waals surface area (Å²) in [5.74, 6) is -1.14. The fraction of sp³-hybridized carbons (Fsp3) is 0.333. The van der Waals surface area contributed by atoms with Crippen LogP contribution in [0.5, 0.6) is 0 Å². The minimum atomic E-state index is -1.04. The molecule has 22 heavy (non-hydrogen) atoms. The summed E-state index contributed by atoms with van der Waals surface area (Å²) in [4.78, 5) is 28.8. The van der Waals surface area contributed by atoms with Gasteiger partial charge in [-0.05, 0) is 37.0 Å². The molecule has 0 spiro atoms. The molecule has 1 aliphatic heterocycles. The summed E-state index contributed by atoms with van der Waals surface area (Å²) in [5.41, 5.74) is 0.858. The summed E-state index contributed by atoms with van der Waals surface area (Å²) in [6.07, 6.45) is 7.21. The first-order valence-electron chi connectivity index (χ1n) is 6.93. The van der Waals surface area contributed by atoms with Gasteiger partial charge in [0.25, 0.3) is 5.91 Å². The Morgan fingerprint density at radius 1 is 1.41 bits per heavy atom. The molecule has 0 aliphatic carbocycles. The summed E-state index contributed by atoms with van der Waals surface area (Å²) >= 11 is 6.52. The predicted molar refractivity (Wildman–Crippen MR) is 87.6 cm³/mol. The predicted octanol–water partition coefficient (Wildman–Crippen LogP) is 1.59. The highest BCUT2D eigenvalue weighted by molar-refractivity contribution is 8.26. The lowest BCUT2D eigenvalue weighted by atomic mass is 10.2. The average Bonchev–Trinajstić information content (AvgIpc) is 2.75. The molecule has 1 saturated heterocycles. The van der Waals surface area contributed by atoms with Crippen LogP contribution >= 0.6 is 24.0 Å². The fourth-order valence-corrected chi connectivity index (χ4v) is 3.33. The highest BCUT2D eigenvalue weighted by Crippen LogP contribution is 2.32. The minimum absolute atomic E-state index is 0.0549. The standard InChI is InChI=1S/C15H16N2O3S2/c18-13(19)6-2-1-3-8-17-14(20)12(22-15(17)21)9-11-5-4-7-16-10-11/h4-5,7,9-10H,1-3,6,8H2,(H,18,19)/p-1/b12-9-. The minimum Gasteiger partial charge on any atom is -0.550 e. The SMILES string of the molecule is O=C([O-])CCCCCN1C(=O)/C(=C/c2cccnc2)SC1=S. The molecule has 1 aromatic heterocycles. The van der Waals surface area contributed by atoms with Gasteiger partial charge in [-0.1, -0.05) is 36.5 Å². The molecule has 0 atom stereocenters. The van der Waals surface area contributed by atoms with E-state index in [-0.39, 0.29) is 12.3 Å². The van der Waals surface area contributed by atoms with Gasteiger partial charge in [0.05, 0.1) is 4.91 Å². The third-order valence-corrected chi connectivity index (χ3v) is 4.50. The first-order valence-corrected chi connectivity index (χ1v) is 8.15. The Kier molecular flexibility index (Phi) is 6.09. The molecular weight excluding hydrogens is 320 g/mol. The molecule has 1 aliphatic rings. The van der Waals surface area contributed by atoms with Crippen LogP contribution in [0.3, 0.4) is 0 Å². The normalized spacial score (nSPS) is 16.5. The van der Waals surface area contributed by atoms with Crippen molar-refractivity contribution in [1.29, 1.82) is 0 Å². The Hall–Kier alpha value is -1.73. The molecule has 0 saturated carbocycles. The zero-order valence-corrected chi connectivity index (χ0v) is 13.5. The lowest BCUT2D eigenvalue weighted by molar-refractivity contribution is -0.305. The van der Waals surface area contributed by atoms with E-state index in [1.54, 1.807) is 23.4 Å². The van der Waals surface area contributed by atoms with E-state index in [9.17, 15) is 14.7 Å². The average molecular weight is 335 g/mol. The molecule has 0 bridgehead atoms. The Bertz CT molecular complexity index is 602. The molecular formula is C15H15N2O3S2-. The Morgan fingerprint density at radius 3 is 2.91 bits per heavy atom. The number of thiocarbonyl (C=S) groups is 1. The van der Waals surface area contributed by atoms with Crippen molar-refractivity contribution >= 4 is 46.3 Å². The van der Waals surface area contributed by atoms with Crippen molar-refractivity contribution in [3.63, 3.8) is 0 Å². The number of hydrogen-bond acceptors (Lipinski definition) is 6. The Morgan fingerprint density at radius 2 is 2.23 bits per heavy atom. The van der Waals surface area contributed by atoms with Gasteiger partial charge in [-0.3, -0.25) is 14.7 Å². The van der Waals surface area contributed by atoms with E-state index in [0.29, 0.717) is 22.2 Å². The number of aliphatic carboxylic acids is 1. The molecule has 1 amide bonds. The van der Waals surface area contributed by atoms with Crippen LogP contribution in [0.2, 0.25) is 0 Å². The van der Waals surface area contributed by atoms with Gasteiger partial charge in [0.15, 0.2) is 0 Å². The first-order chi connectivity index (χ1) is 10.6. The zero-order chi connectivity index (χ0) is 15.9. The van der Waals surface area contributed by atoms with Crippen molar-refractivity contribution < 1.29 is 14.7 Å². The van der Waals surface area contributed by atoms with Crippen molar-refractivity contribution in [1.82, 2.24) is 9.88 Å². The van der Waals surface area contributed by atoms with E-state index >= 15 is 0 Å². The van der Waals surface area contributed by atoms with Crippen molar-refractivity contribution in [3.05, 3.63) is 35.0 Å². The van der Waals surface area contributed by atoms with Crippen LogP contribution in [0.4, 0.5) is 0 Å². The lowest BCUT2D eigenvalue weighted by Gasteiger charge is -2.14. The third-order valence-electron chi connectivity index (χ3n) is 3.12. The molecule has 0 aromatic carbocycles. The van der Waals surface area contributed by atoms with Crippen LogP contribution < -0.4 is 5.11 Å². The van der Waals surface area contributed by atoms with Gasteiger partial charge in [-0.15, -0.1) is 0 Å². The summed E-state index contributed by atoms with van der Waals surface area (Å²) in [5, 5.41) is 10.3. The third kappa shape index (κ3) is 4.64. The second-order valence-electron chi connectivity index (χ2n) is 4.80. The van der Waals surface area contributed by atoms with E-state index in [4.69, 9.17) is 12.2 Å². The van der Waals surface area contributed by atoms with Crippen LogP contribution in [-0.4, -0.2) is 32.6 Å². The molecule has 2 rings (SSSR count). The number of hydrogen-bond donors (Lipinski definition) is 0. The monoisotopic (exact) mass is 335 g/mol. The largest absolute Gasteiger partial charge is 0.550 e. The number of rotatable bonds is 7. The summed E-state index contributed by atoms with van der Waals surface area (Å²) in [7, 11) is 0. The van der Waals surface area contributed by atoms with Gasteiger partial charge in [-0.2, -0.15) is 0 Å². The van der Waals surface area contributed by atoms with E-state index in [1.165, 1.54) is 11.8 Å². The number of carboxylic acids is 1. The van der Waals surface area contributed by atoms with Crippen LogP contribution in [0, 0.1) is 0 Å². The molecule has 1 fully saturated rings. The van der Waals surface area contributed by atoms with Crippen LogP contribution in [0.25, 0.3) is 6.08 Å². The van der Waals surface area contributed by atoms with Gasteiger partial charge in [0.1, 0.15) is 4.32 Å². The van der Waals surface area contributed by atoms with Gasteiger partial charge in [0.2, 0.25) is 0 Å². The molecule has 7 heteroatoms. The molecule has 0 radical (unpaired) electrons. The van der Waals surface area contributed by atoms with Crippen molar-refractivity contribution in [2.75, 3.05) is 6.54 Å². The van der Waals surface area contributed by atoms with Gasteiger partial charge < -0.3 is 9.90 Å². The van der Waals surface area contributed by atoms with Crippen LogP contribution in [0.1, 0.15) is 31.2 Å². The first kappa shape index (κ1) is 16.6. The quantitative estimate of drug-likeness (QED) is 0.428. The number of carbonyl (C=O) groups excluding carboxylic acids is 2.